The normalized spacial score (nSPS) is 11.9. The van der Waals surface area contributed by atoms with Gasteiger partial charge in [0.25, 0.3) is 0 Å². The van der Waals surface area contributed by atoms with Crippen molar-refractivity contribution in [2.75, 3.05) is 5.32 Å². The molecule has 0 aliphatic carbocycles. The van der Waals surface area contributed by atoms with Crippen LogP contribution in [0.4, 0.5) is 11.4 Å². The predicted octanol–water partition coefficient (Wildman–Crippen LogP) is 2.70. The number of rotatable bonds is 4. The fourth-order valence-corrected chi connectivity index (χ4v) is 2.27. The third kappa shape index (κ3) is 2.82. The third-order valence-corrected chi connectivity index (χ3v) is 3.44. The van der Waals surface area contributed by atoms with Gasteiger partial charge >= 0.3 is 5.69 Å². The fraction of sp³-hybridized carbons (Fsp3) is 0.143. The first-order chi connectivity index (χ1) is 11.5. The van der Waals surface area contributed by atoms with Gasteiger partial charge in [0.1, 0.15) is 23.1 Å². The van der Waals surface area contributed by atoms with Crippen LogP contribution in [-0.2, 0) is 0 Å². The van der Waals surface area contributed by atoms with Crippen LogP contribution in [0, 0.1) is 21.4 Å². The van der Waals surface area contributed by atoms with Gasteiger partial charge in [0.05, 0.1) is 17.2 Å². The Kier molecular flexibility index (Phi) is 3.97. The minimum absolute atomic E-state index is 0.171. The van der Waals surface area contributed by atoms with E-state index in [4.69, 9.17) is 16.9 Å². The van der Waals surface area contributed by atoms with E-state index in [1.807, 2.05) is 6.07 Å². The second kappa shape index (κ2) is 6.10. The van der Waals surface area contributed by atoms with Crippen molar-refractivity contribution in [1.29, 1.82) is 5.26 Å². The van der Waals surface area contributed by atoms with Crippen molar-refractivity contribution in [2.45, 2.75) is 13.0 Å². The lowest BCUT2D eigenvalue weighted by molar-refractivity contribution is -0.384. The van der Waals surface area contributed by atoms with Crippen LogP contribution in [-0.4, -0.2) is 30.7 Å². The highest BCUT2D eigenvalue weighted by molar-refractivity contribution is 6.29. The molecule has 9 nitrogen and oxygen atoms in total. The van der Waals surface area contributed by atoms with Crippen molar-refractivity contribution < 1.29 is 4.92 Å². The first kappa shape index (κ1) is 15.6. The van der Waals surface area contributed by atoms with Crippen molar-refractivity contribution in [1.82, 2.24) is 19.7 Å². The number of nitro groups is 1. The smallest absolute Gasteiger partial charge is 0.310 e. The zero-order valence-electron chi connectivity index (χ0n) is 12.3. The molecule has 0 bridgehead atoms. The number of nitrogens with zero attached hydrogens (tertiary/aromatic N) is 6. The summed E-state index contributed by atoms with van der Waals surface area (Å²) in [5, 5.41) is 28.1. The van der Waals surface area contributed by atoms with E-state index < -0.39 is 11.0 Å². The molecule has 0 saturated carbocycles. The highest BCUT2D eigenvalue weighted by Crippen LogP contribution is 2.27. The summed E-state index contributed by atoms with van der Waals surface area (Å²) < 4.78 is 1.42. The Balaban J connectivity index is 2.14. The summed E-state index contributed by atoms with van der Waals surface area (Å²) in [5.41, 5.74) is 0.413. The van der Waals surface area contributed by atoms with Crippen molar-refractivity contribution in [3.05, 3.63) is 45.9 Å². The van der Waals surface area contributed by atoms with E-state index in [9.17, 15) is 10.1 Å². The second-order valence-electron chi connectivity index (χ2n) is 4.92. The van der Waals surface area contributed by atoms with Crippen LogP contribution in [0.15, 0.2) is 30.6 Å². The summed E-state index contributed by atoms with van der Waals surface area (Å²) >= 11 is 5.91. The number of aromatic nitrogens is 4. The summed E-state index contributed by atoms with van der Waals surface area (Å²) in [6.45, 7) is 1.59. The molecule has 0 spiro atoms. The van der Waals surface area contributed by atoms with Crippen LogP contribution in [0.5, 0.6) is 0 Å². The molecule has 3 aromatic rings. The lowest BCUT2D eigenvalue weighted by Crippen LogP contribution is -2.14. The molecule has 0 fully saturated rings. The van der Waals surface area contributed by atoms with Crippen LogP contribution >= 0.6 is 11.6 Å². The van der Waals surface area contributed by atoms with Gasteiger partial charge in [0, 0.05) is 11.5 Å². The zero-order valence-corrected chi connectivity index (χ0v) is 13.1. The molecule has 0 amide bonds. The number of nitriles is 1. The highest BCUT2D eigenvalue weighted by Gasteiger charge is 2.19. The molecule has 0 aromatic carbocycles. The molecule has 3 rings (SSSR count). The Morgan fingerprint density at radius 1 is 1.46 bits per heavy atom. The number of halogens is 1. The maximum absolute atomic E-state index is 11.1. The molecule has 1 atom stereocenters. The molecular formula is C14H10ClN7O2. The van der Waals surface area contributed by atoms with Gasteiger partial charge in [-0.1, -0.05) is 11.6 Å². The Labute approximate surface area is 140 Å². The van der Waals surface area contributed by atoms with Crippen LogP contribution in [0.1, 0.15) is 6.92 Å². The lowest BCUT2D eigenvalue weighted by Gasteiger charge is -2.10. The van der Waals surface area contributed by atoms with Gasteiger partial charge in [-0.2, -0.15) is 15.0 Å². The summed E-state index contributed by atoms with van der Waals surface area (Å²) in [4.78, 5) is 18.8. The molecule has 3 aromatic heterocycles. The molecule has 0 unspecified atom stereocenters. The van der Waals surface area contributed by atoms with Gasteiger partial charge in [-0.3, -0.25) is 10.1 Å². The summed E-state index contributed by atoms with van der Waals surface area (Å²) in [5.74, 6) is 0.318. The lowest BCUT2D eigenvalue weighted by atomic mass is 10.3. The Bertz CT molecular complexity index is 979. The largest absolute Gasteiger partial charge is 0.364 e. The van der Waals surface area contributed by atoms with Crippen molar-refractivity contribution in [2.24, 2.45) is 0 Å². The van der Waals surface area contributed by atoms with Crippen molar-refractivity contribution >= 4 is 34.0 Å². The van der Waals surface area contributed by atoms with Gasteiger partial charge in [0.15, 0.2) is 11.5 Å². The predicted molar refractivity (Wildman–Crippen MR) is 87.0 cm³/mol. The zero-order chi connectivity index (χ0) is 17.3. The number of nitrogens with one attached hydrogen (secondary N) is 1. The highest BCUT2D eigenvalue weighted by atomic mass is 35.5. The Hall–Kier alpha value is -3.25. The van der Waals surface area contributed by atoms with E-state index in [-0.39, 0.29) is 11.4 Å². The fourth-order valence-electron chi connectivity index (χ4n) is 2.13. The first-order valence-electron chi connectivity index (χ1n) is 6.81. The number of anilines is 1. The maximum atomic E-state index is 11.1. The van der Waals surface area contributed by atoms with Gasteiger partial charge in [-0.15, -0.1) is 0 Å². The maximum Gasteiger partial charge on any atom is 0.310 e. The van der Waals surface area contributed by atoms with Crippen LogP contribution < -0.4 is 5.32 Å². The minimum Gasteiger partial charge on any atom is -0.364 e. The van der Waals surface area contributed by atoms with Crippen LogP contribution in [0.3, 0.4) is 0 Å². The SMILES string of the molecule is C[C@H](C#N)Nc1cc(-n2ncc3ccc(Cl)nc32)ncc1[N+](=O)[O-]. The van der Waals surface area contributed by atoms with E-state index in [0.717, 1.165) is 11.6 Å². The number of fused-ring (bicyclic) bond motifs is 1. The van der Waals surface area contributed by atoms with Crippen molar-refractivity contribution in [3.63, 3.8) is 0 Å². The van der Waals surface area contributed by atoms with E-state index in [1.165, 1.54) is 10.7 Å². The van der Waals surface area contributed by atoms with E-state index >= 15 is 0 Å². The second-order valence-corrected chi connectivity index (χ2v) is 5.30. The molecule has 24 heavy (non-hydrogen) atoms. The summed E-state index contributed by atoms with van der Waals surface area (Å²) in [6, 6.07) is 6.20. The topological polar surface area (TPSA) is 123 Å². The molecule has 120 valence electrons. The third-order valence-electron chi connectivity index (χ3n) is 3.23. The van der Waals surface area contributed by atoms with Gasteiger partial charge in [0.2, 0.25) is 0 Å². The number of hydrogen-bond donors (Lipinski definition) is 1. The Morgan fingerprint density at radius 3 is 2.96 bits per heavy atom. The van der Waals surface area contributed by atoms with Crippen molar-refractivity contribution in [3.8, 4) is 11.9 Å². The molecule has 0 aliphatic heterocycles. The van der Waals surface area contributed by atoms with E-state index in [1.54, 1.807) is 25.3 Å². The number of pyridine rings is 2. The molecule has 1 N–H and O–H groups in total. The van der Waals surface area contributed by atoms with Gasteiger partial charge in [-0.05, 0) is 19.1 Å². The van der Waals surface area contributed by atoms with Gasteiger partial charge in [-0.25, -0.2) is 9.97 Å². The minimum atomic E-state index is -0.610. The molecule has 0 saturated heterocycles. The first-order valence-corrected chi connectivity index (χ1v) is 7.18. The van der Waals surface area contributed by atoms with E-state index in [2.05, 4.69) is 20.4 Å². The molecular weight excluding hydrogens is 334 g/mol. The standard InChI is InChI=1S/C14H10ClN7O2/c1-8(5-16)19-10-4-13(17-7-11(10)22(23)24)21-14-9(6-18-21)2-3-12(15)20-14/h2-4,6-8H,1H3,(H,17,19)/t8-/m1/s1. The Morgan fingerprint density at radius 2 is 2.25 bits per heavy atom. The molecule has 10 heteroatoms. The molecule has 0 radical (unpaired) electrons. The van der Waals surface area contributed by atoms with E-state index in [0.29, 0.717) is 16.6 Å². The average Bonchev–Trinajstić information content (AvgIpc) is 2.97. The van der Waals surface area contributed by atoms with Gasteiger partial charge < -0.3 is 5.32 Å². The summed E-state index contributed by atoms with van der Waals surface area (Å²) in [6.07, 6.45) is 2.70. The summed E-state index contributed by atoms with van der Waals surface area (Å²) in [7, 11) is 0. The number of hydrogen-bond acceptors (Lipinski definition) is 7. The van der Waals surface area contributed by atoms with Crippen LogP contribution in [0.25, 0.3) is 16.9 Å². The molecule has 0 aliphatic rings. The quantitative estimate of drug-likeness (QED) is 0.439. The molecule has 3 heterocycles. The average molecular weight is 344 g/mol. The van der Waals surface area contributed by atoms with Crippen LogP contribution in [0.2, 0.25) is 5.15 Å². The monoisotopic (exact) mass is 343 g/mol.